The number of hydrogen-bond donors (Lipinski definition) is 4. The van der Waals surface area contributed by atoms with Crippen LogP contribution in [0.25, 0.3) is 0 Å². The van der Waals surface area contributed by atoms with Crippen LogP contribution in [-0.2, 0) is 19.1 Å². The summed E-state index contributed by atoms with van der Waals surface area (Å²) in [4.78, 5) is 22.6. The summed E-state index contributed by atoms with van der Waals surface area (Å²) in [5.74, 6) is -1.55. The van der Waals surface area contributed by atoms with Gasteiger partial charge in [-0.2, -0.15) is 0 Å². The van der Waals surface area contributed by atoms with Crippen molar-refractivity contribution in [2.75, 3.05) is 13.2 Å². The van der Waals surface area contributed by atoms with E-state index >= 15 is 0 Å². The second-order valence-corrected chi connectivity index (χ2v) is 7.01. The Balaban J connectivity index is 0.00000392. The Bertz CT molecular complexity index is 539. The van der Waals surface area contributed by atoms with E-state index in [4.69, 9.17) is 14.6 Å². The molecule has 2 fully saturated rings. The summed E-state index contributed by atoms with van der Waals surface area (Å²) in [5.41, 5.74) is 0. The number of hydrogen-bond acceptors (Lipinski definition) is 9. The number of rotatable bonds is 9. The molecule has 1 saturated carbocycles. The molecule has 0 bridgehead atoms. The van der Waals surface area contributed by atoms with Crippen LogP contribution in [-0.4, -0.2) is 76.1 Å². The number of carbonyl (C=O) groups excluding carboxylic acids is 2. The Hall–Kier alpha value is 0.276. The van der Waals surface area contributed by atoms with Crippen LogP contribution in [0.3, 0.4) is 0 Å². The van der Waals surface area contributed by atoms with Crippen LogP contribution in [0.5, 0.6) is 0 Å². The summed E-state index contributed by atoms with van der Waals surface area (Å²) in [6.07, 6.45) is -1.18. The first-order valence-corrected chi connectivity index (χ1v) is 9.14. The molecule has 0 aromatic rings. The fourth-order valence-electron chi connectivity index (χ4n) is 3.58. The molecule has 0 unspecified atom stereocenters. The summed E-state index contributed by atoms with van der Waals surface area (Å²) in [7, 11) is 0. The van der Waals surface area contributed by atoms with Crippen molar-refractivity contribution in [1.29, 1.82) is 0 Å². The molecule has 1 heterocycles. The Morgan fingerprint density at radius 1 is 1.21 bits per heavy atom. The molecular formula is C18H27KO9. The van der Waals surface area contributed by atoms with Crippen LogP contribution >= 0.6 is 0 Å². The molecular weight excluding hydrogens is 399 g/mol. The molecule has 10 heteroatoms. The normalized spacial score (nSPS) is 35.9. The van der Waals surface area contributed by atoms with E-state index in [9.17, 15) is 30.0 Å². The number of carboxylic acids is 1. The molecule has 1 aliphatic heterocycles. The number of allylic oxidation sites excluding steroid dienone is 1. The fraction of sp³-hybridized carbons (Fsp3) is 0.778. The summed E-state index contributed by atoms with van der Waals surface area (Å²) in [5, 5.41) is 49.1. The zero-order chi connectivity index (χ0) is 20.0. The second kappa shape index (κ2) is 12.9. The van der Waals surface area contributed by atoms with Gasteiger partial charge in [0.2, 0.25) is 0 Å². The quantitative estimate of drug-likeness (QED) is 0.161. The van der Waals surface area contributed by atoms with Crippen molar-refractivity contribution in [3.8, 4) is 0 Å². The molecule has 2 rings (SSSR count). The van der Waals surface area contributed by atoms with Crippen molar-refractivity contribution in [3.63, 3.8) is 0 Å². The SMILES string of the molecule is O=C([O-])C[C@H]1CCC(=O)[C@H]1C/C=C\CCO[C@@H]1O[C@H](CO)[C@@H](O)[C@H](O)[C@H]1O.[K+]. The van der Waals surface area contributed by atoms with E-state index < -0.39 is 43.3 Å². The van der Waals surface area contributed by atoms with Gasteiger partial charge in [0.05, 0.1) is 13.2 Å². The summed E-state index contributed by atoms with van der Waals surface area (Å²) >= 11 is 0. The smallest absolute Gasteiger partial charge is 0.550 e. The summed E-state index contributed by atoms with van der Waals surface area (Å²) in [6, 6.07) is 0. The minimum atomic E-state index is -1.48. The molecule has 9 nitrogen and oxygen atoms in total. The molecule has 1 saturated heterocycles. The Morgan fingerprint density at radius 3 is 2.57 bits per heavy atom. The van der Waals surface area contributed by atoms with Gasteiger partial charge in [0.15, 0.2) is 6.29 Å². The van der Waals surface area contributed by atoms with E-state index in [2.05, 4.69) is 0 Å². The molecule has 154 valence electrons. The van der Waals surface area contributed by atoms with Crippen molar-refractivity contribution < 1.29 is 96.0 Å². The van der Waals surface area contributed by atoms with Crippen LogP contribution in [0, 0.1) is 11.8 Å². The average Bonchev–Trinajstić information content (AvgIpc) is 2.96. The number of Topliss-reactive ketones (excluding diaryl/α,β-unsaturated/α-hetero) is 1. The minimum absolute atomic E-state index is 0. The predicted octanol–water partition coefficient (Wildman–Crippen LogP) is -5.12. The number of ketones is 1. The van der Waals surface area contributed by atoms with Gasteiger partial charge >= 0.3 is 51.4 Å². The third-order valence-corrected chi connectivity index (χ3v) is 5.14. The van der Waals surface area contributed by atoms with Crippen LogP contribution in [0.4, 0.5) is 0 Å². The third-order valence-electron chi connectivity index (χ3n) is 5.14. The predicted molar refractivity (Wildman–Crippen MR) is 88.9 cm³/mol. The van der Waals surface area contributed by atoms with Gasteiger partial charge in [-0.15, -0.1) is 0 Å². The van der Waals surface area contributed by atoms with Crippen LogP contribution < -0.4 is 56.5 Å². The van der Waals surface area contributed by atoms with Crippen molar-refractivity contribution >= 4 is 11.8 Å². The average molecular weight is 427 g/mol. The molecule has 0 spiro atoms. The summed E-state index contributed by atoms with van der Waals surface area (Å²) in [6.45, 7) is -0.368. The van der Waals surface area contributed by atoms with Gasteiger partial charge < -0.3 is 39.8 Å². The minimum Gasteiger partial charge on any atom is -0.550 e. The van der Waals surface area contributed by atoms with Crippen molar-refractivity contribution in [3.05, 3.63) is 12.2 Å². The maximum absolute atomic E-state index is 11.9. The molecule has 7 atom stereocenters. The summed E-state index contributed by atoms with van der Waals surface area (Å²) < 4.78 is 10.6. The maximum Gasteiger partial charge on any atom is 1.00 e. The third kappa shape index (κ3) is 7.20. The first kappa shape index (κ1) is 26.3. The molecule has 4 N–H and O–H groups in total. The topological polar surface area (TPSA) is 157 Å². The van der Waals surface area contributed by atoms with Crippen molar-refractivity contribution in [2.24, 2.45) is 11.8 Å². The first-order valence-electron chi connectivity index (χ1n) is 9.14. The Morgan fingerprint density at radius 2 is 1.93 bits per heavy atom. The number of ether oxygens (including phenoxy) is 2. The van der Waals surface area contributed by atoms with Gasteiger partial charge in [-0.1, -0.05) is 12.2 Å². The maximum atomic E-state index is 11.9. The number of aliphatic carboxylic acids is 1. The molecule has 0 radical (unpaired) electrons. The van der Waals surface area contributed by atoms with E-state index in [1.54, 1.807) is 12.2 Å². The van der Waals surface area contributed by atoms with E-state index in [0.717, 1.165) is 0 Å². The van der Waals surface area contributed by atoms with Gasteiger partial charge in [-0.3, -0.25) is 4.79 Å². The van der Waals surface area contributed by atoms with Crippen LogP contribution in [0.1, 0.15) is 32.1 Å². The first-order chi connectivity index (χ1) is 12.8. The molecule has 2 aliphatic rings. The van der Waals surface area contributed by atoms with Gasteiger partial charge in [0.25, 0.3) is 0 Å². The number of aliphatic hydroxyl groups is 4. The number of carbonyl (C=O) groups is 2. The van der Waals surface area contributed by atoms with E-state index in [1.807, 2.05) is 0 Å². The Labute approximate surface area is 206 Å². The standard InChI is InChI=1S/C18H28O9.K/c19-9-13-15(23)16(24)17(25)18(27-13)26-7-3-1-2-4-11-10(8-14(21)22)5-6-12(11)20;/h1-2,10-11,13,15-19,23-25H,3-9H2,(H,21,22);/q;+1/p-1/b2-1-;/t10-,11+,13-,15-,16+,17-,18-;/m1./s1. The zero-order valence-corrected chi connectivity index (χ0v) is 19.1. The molecule has 0 amide bonds. The van der Waals surface area contributed by atoms with Crippen molar-refractivity contribution in [1.82, 2.24) is 0 Å². The fourth-order valence-corrected chi connectivity index (χ4v) is 3.58. The van der Waals surface area contributed by atoms with Crippen molar-refractivity contribution in [2.45, 2.75) is 62.8 Å². The largest absolute Gasteiger partial charge is 1.00 e. The molecule has 28 heavy (non-hydrogen) atoms. The van der Waals surface area contributed by atoms with Gasteiger partial charge in [-0.05, 0) is 31.6 Å². The Kier molecular flexibility index (Phi) is 12.1. The van der Waals surface area contributed by atoms with E-state index in [-0.39, 0.29) is 82.0 Å². The molecule has 1 aliphatic carbocycles. The molecule has 0 aromatic carbocycles. The monoisotopic (exact) mass is 426 g/mol. The van der Waals surface area contributed by atoms with E-state index in [0.29, 0.717) is 25.7 Å². The van der Waals surface area contributed by atoms with Gasteiger partial charge in [-0.25, -0.2) is 0 Å². The van der Waals surface area contributed by atoms with Crippen LogP contribution in [0.2, 0.25) is 0 Å². The number of aliphatic hydroxyl groups excluding tert-OH is 4. The van der Waals surface area contributed by atoms with Gasteiger partial charge in [0.1, 0.15) is 30.2 Å². The molecule has 0 aromatic heterocycles. The zero-order valence-electron chi connectivity index (χ0n) is 16.0. The van der Waals surface area contributed by atoms with E-state index in [1.165, 1.54) is 0 Å². The second-order valence-electron chi connectivity index (χ2n) is 7.01. The van der Waals surface area contributed by atoms with Crippen LogP contribution in [0.15, 0.2) is 12.2 Å². The van der Waals surface area contributed by atoms with Gasteiger partial charge in [0, 0.05) is 18.3 Å². The number of carboxylic acid groups (broad SMARTS) is 1.